The molecule has 0 atom stereocenters. The number of para-hydroxylation sites is 2. The van der Waals surface area contributed by atoms with Crippen molar-refractivity contribution in [2.45, 2.75) is 0 Å². The largest absolute Gasteiger partial charge is 0.500 e. The number of nitro benzene ring substituents is 1. The van der Waals surface area contributed by atoms with Crippen LogP contribution in [0.5, 0.6) is 11.5 Å². The van der Waals surface area contributed by atoms with Gasteiger partial charge in [-0.15, -0.1) is 0 Å². The first-order chi connectivity index (χ1) is 17.3. The van der Waals surface area contributed by atoms with Crippen molar-refractivity contribution in [3.63, 3.8) is 0 Å². The molecule has 0 aromatic heterocycles. The second-order valence-electron chi connectivity index (χ2n) is 7.78. The molecule has 2 N–H and O–H groups in total. The number of carbonyl (C=O) groups excluding carboxylic acids is 3. The van der Waals surface area contributed by atoms with Crippen molar-refractivity contribution in [3.05, 3.63) is 57.0 Å². The predicted molar refractivity (Wildman–Crippen MR) is 132 cm³/mol. The van der Waals surface area contributed by atoms with Crippen LogP contribution in [-0.4, -0.2) is 71.9 Å². The van der Waals surface area contributed by atoms with Gasteiger partial charge in [0, 0.05) is 19.2 Å². The highest BCUT2D eigenvalue weighted by atomic mass is 32.2. The van der Waals surface area contributed by atoms with E-state index in [1.54, 1.807) is 12.1 Å². The summed E-state index contributed by atoms with van der Waals surface area (Å²) in [5.74, 6) is -2.08. The summed E-state index contributed by atoms with van der Waals surface area (Å²) >= 11 is 0.606. The van der Waals surface area contributed by atoms with Crippen molar-refractivity contribution < 1.29 is 33.9 Å². The van der Waals surface area contributed by atoms with E-state index in [1.807, 2.05) is 12.1 Å². The summed E-state index contributed by atoms with van der Waals surface area (Å²) < 4.78 is 10.3. The van der Waals surface area contributed by atoms with Crippen LogP contribution >= 0.6 is 11.8 Å². The van der Waals surface area contributed by atoms with Crippen LogP contribution in [-0.2, 0) is 14.3 Å². The van der Waals surface area contributed by atoms with Crippen LogP contribution < -0.4 is 15.0 Å². The standard InChI is InChI=1S/C23H22N4O8S/c1-34-18-11-14(10-17(21(18)29)27(32)33)12-19-22(30)26(23(31)36-19)13-20(28)24-15-4-2-3-5-16(15)25-6-8-35-9-7-25/h2-5,10-12,29H,6-9,13H2,1H3,(H,24,28)/b19-12+. The lowest BCUT2D eigenvalue weighted by Crippen LogP contribution is -2.38. The van der Waals surface area contributed by atoms with E-state index < -0.39 is 40.0 Å². The lowest BCUT2D eigenvalue weighted by Gasteiger charge is -2.30. The highest BCUT2D eigenvalue weighted by Crippen LogP contribution is 2.39. The number of benzene rings is 2. The molecule has 3 amide bonds. The molecular weight excluding hydrogens is 492 g/mol. The zero-order valence-corrected chi connectivity index (χ0v) is 19.9. The monoisotopic (exact) mass is 514 g/mol. The van der Waals surface area contributed by atoms with Crippen molar-refractivity contribution >= 4 is 52.0 Å². The number of rotatable bonds is 7. The van der Waals surface area contributed by atoms with Crippen molar-refractivity contribution in [1.29, 1.82) is 0 Å². The smallest absolute Gasteiger partial charge is 0.315 e. The highest BCUT2D eigenvalue weighted by Gasteiger charge is 2.36. The summed E-state index contributed by atoms with van der Waals surface area (Å²) in [6, 6.07) is 9.58. The summed E-state index contributed by atoms with van der Waals surface area (Å²) in [5.41, 5.74) is 0.922. The minimum Gasteiger partial charge on any atom is -0.500 e. The average Bonchev–Trinajstić information content (AvgIpc) is 3.12. The Morgan fingerprint density at radius 1 is 1.28 bits per heavy atom. The number of phenolic OH excluding ortho intramolecular Hbond substituents is 1. The normalized spacial score (nSPS) is 17.0. The fraction of sp³-hybridized carbons (Fsp3) is 0.261. The number of nitro groups is 1. The second kappa shape index (κ2) is 10.7. The molecule has 4 rings (SSSR count). The molecule has 2 saturated heterocycles. The van der Waals surface area contributed by atoms with Gasteiger partial charge in [-0.2, -0.15) is 0 Å². The number of ether oxygens (including phenoxy) is 2. The Morgan fingerprint density at radius 2 is 2.00 bits per heavy atom. The summed E-state index contributed by atoms with van der Waals surface area (Å²) in [4.78, 5) is 51.4. The lowest BCUT2D eigenvalue weighted by molar-refractivity contribution is -0.386. The Bertz CT molecular complexity index is 1260. The Morgan fingerprint density at radius 3 is 2.69 bits per heavy atom. The zero-order valence-electron chi connectivity index (χ0n) is 19.1. The van der Waals surface area contributed by atoms with E-state index in [-0.39, 0.29) is 16.2 Å². The minimum absolute atomic E-state index is 0.0245. The predicted octanol–water partition coefficient (Wildman–Crippen LogP) is 2.82. The van der Waals surface area contributed by atoms with Gasteiger partial charge < -0.3 is 24.8 Å². The SMILES string of the molecule is COc1cc(/C=C2/SC(=O)N(CC(=O)Nc3ccccc3N3CCOCC3)C2=O)cc([N+](=O)[O-])c1O. The molecule has 0 spiro atoms. The molecule has 36 heavy (non-hydrogen) atoms. The first-order valence-electron chi connectivity index (χ1n) is 10.8. The van der Waals surface area contributed by atoms with Crippen LogP contribution in [0.2, 0.25) is 0 Å². The minimum atomic E-state index is -0.792. The third-order valence-electron chi connectivity index (χ3n) is 5.50. The third-order valence-corrected chi connectivity index (χ3v) is 6.40. The van der Waals surface area contributed by atoms with E-state index in [0.717, 1.165) is 16.7 Å². The molecule has 2 aromatic carbocycles. The number of nitrogens with zero attached hydrogens (tertiary/aromatic N) is 3. The fourth-order valence-corrected chi connectivity index (χ4v) is 4.61. The number of hydrogen-bond acceptors (Lipinski definition) is 10. The fourth-order valence-electron chi connectivity index (χ4n) is 3.77. The molecule has 0 aliphatic carbocycles. The molecule has 0 unspecified atom stereocenters. The Labute approximate surface area is 209 Å². The van der Waals surface area contributed by atoms with E-state index in [4.69, 9.17) is 9.47 Å². The summed E-state index contributed by atoms with van der Waals surface area (Å²) in [6.45, 7) is 1.98. The Balaban J connectivity index is 1.49. The third kappa shape index (κ3) is 5.26. The quantitative estimate of drug-likeness (QED) is 0.320. The zero-order chi connectivity index (χ0) is 25.8. The number of carbonyl (C=O) groups is 3. The number of morpholine rings is 1. The van der Waals surface area contributed by atoms with Gasteiger partial charge in [0.15, 0.2) is 5.75 Å². The van der Waals surface area contributed by atoms with Crippen LogP contribution in [0, 0.1) is 10.1 Å². The first kappa shape index (κ1) is 25.0. The van der Waals surface area contributed by atoms with Crippen LogP contribution in [0.4, 0.5) is 21.9 Å². The molecule has 0 saturated carbocycles. The molecule has 13 heteroatoms. The van der Waals surface area contributed by atoms with Crippen LogP contribution in [0.1, 0.15) is 5.56 Å². The van der Waals surface area contributed by atoms with Gasteiger partial charge >= 0.3 is 5.69 Å². The van der Waals surface area contributed by atoms with E-state index >= 15 is 0 Å². The van der Waals surface area contributed by atoms with E-state index in [2.05, 4.69) is 10.2 Å². The Kier molecular flexibility index (Phi) is 7.41. The molecule has 2 fully saturated rings. The number of imide groups is 1. The van der Waals surface area contributed by atoms with Crippen LogP contribution in [0.3, 0.4) is 0 Å². The maximum Gasteiger partial charge on any atom is 0.315 e. The maximum absolute atomic E-state index is 12.9. The van der Waals surface area contributed by atoms with Gasteiger partial charge in [0.05, 0.1) is 41.5 Å². The lowest BCUT2D eigenvalue weighted by atomic mass is 10.1. The molecule has 12 nitrogen and oxygen atoms in total. The number of amides is 3. The van der Waals surface area contributed by atoms with Gasteiger partial charge in [0.25, 0.3) is 11.1 Å². The second-order valence-corrected chi connectivity index (χ2v) is 8.77. The number of aromatic hydroxyl groups is 1. The molecule has 0 radical (unpaired) electrons. The molecule has 0 bridgehead atoms. The number of nitrogens with one attached hydrogen (secondary N) is 1. The van der Waals surface area contributed by atoms with Gasteiger partial charge in [-0.1, -0.05) is 12.1 Å². The topological polar surface area (TPSA) is 152 Å². The number of phenols is 1. The van der Waals surface area contributed by atoms with Gasteiger partial charge in [0.1, 0.15) is 6.54 Å². The molecule has 2 aliphatic heterocycles. The van der Waals surface area contributed by atoms with E-state index in [0.29, 0.717) is 43.8 Å². The molecule has 2 heterocycles. The van der Waals surface area contributed by atoms with E-state index in [9.17, 15) is 29.6 Å². The molecule has 188 valence electrons. The van der Waals surface area contributed by atoms with E-state index in [1.165, 1.54) is 19.3 Å². The van der Waals surface area contributed by atoms with Gasteiger partial charge in [-0.25, -0.2) is 0 Å². The van der Waals surface area contributed by atoms with Crippen molar-refractivity contribution in [3.8, 4) is 11.5 Å². The maximum atomic E-state index is 12.9. The van der Waals surface area contributed by atoms with Gasteiger partial charge in [0.2, 0.25) is 11.7 Å². The van der Waals surface area contributed by atoms with Gasteiger partial charge in [-0.05, 0) is 41.6 Å². The van der Waals surface area contributed by atoms with Crippen molar-refractivity contribution in [2.75, 3.05) is 50.2 Å². The van der Waals surface area contributed by atoms with Crippen molar-refractivity contribution in [2.24, 2.45) is 0 Å². The summed E-state index contributed by atoms with van der Waals surface area (Å²) in [5, 5.41) is 23.3. The van der Waals surface area contributed by atoms with Crippen LogP contribution in [0.25, 0.3) is 6.08 Å². The van der Waals surface area contributed by atoms with Gasteiger partial charge in [-0.3, -0.25) is 29.4 Å². The average molecular weight is 515 g/mol. The van der Waals surface area contributed by atoms with Crippen LogP contribution in [0.15, 0.2) is 41.3 Å². The molecular formula is C23H22N4O8S. The summed E-state index contributed by atoms with van der Waals surface area (Å²) in [6.07, 6.45) is 1.27. The van der Waals surface area contributed by atoms with Crippen molar-refractivity contribution in [1.82, 2.24) is 4.90 Å². The Hall–Kier alpha value is -4.10. The number of hydrogen-bond donors (Lipinski definition) is 2. The number of thioether (sulfide) groups is 1. The number of anilines is 2. The summed E-state index contributed by atoms with van der Waals surface area (Å²) in [7, 11) is 1.23. The number of methoxy groups -OCH3 is 1. The molecule has 2 aromatic rings. The molecule has 2 aliphatic rings. The highest BCUT2D eigenvalue weighted by molar-refractivity contribution is 8.18. The first-order valence-corrected chi connectivity index (χ1v) is 11.6.